The Bertz CT molecular complexity index is 1180. The molecular formula is C24H29N3O5S. The van der Waals surface area contributed by atoms with Crippen molar-refractivity contribution in [1.82, 2.24) is 0 Å². The lowest BCUT2D eigenvalue weighted by atomic mass is 10.0. The fourth-order valence-electron chi connectivity index (χ4n) is 4.47. The second-order valence-electron chi connectivity index (χ2n) is 8.77. The molecule has 2 amide bonds. The van der Waals surface area contributed by atoms with Gasteiger partial charge in [0.15, 0.2) is 0 Å². The molecule has 0 radical (unpaired) electrons. The van der Waals surface area contributed by atoms with E-state index in [1.165, 1.54) is 11.2 Å². The largest absolute Gasteiger partial charge is 0.446 e. The number of ether oxygens (including phenoxy) is 1. The molecule has 2 aromatic carbocycles. The average molecular weight is 472 g/mol. The lowest BCUT2D eigenvalue weighted by molar-refractivity contribution is -0.117. The zero-order valence-electron chi connectivity index (χ0n) is 19.3. The number of sulfonamides is 1. The van der Waals surface area contributed by atoms with Crippen molar-refractivity contribution >= 4 is 39.1 Å². The Labute approximate surface area is 194 Å². The number of hydrogen-bond acceptors (Lipinski definition) is 5. The Morgan fingerprint density at radius 1 is 1.03 bits per heavy atom. The third-order valence-corrected chi connectivity index (χ3v) is 7.77. The van der Waals surface area contributed by atoms with Gasteiger partial charge in [-0.3, -0.25) is 14.0 Å². The van der Waals surface area contributed by atoms with E-state index < -0.39 is 16.1 Å². The van der Waals surface area contributed by atoms with Crippen LogP contribution >= 0.6 is 0 Å². The van der Waals surface area contributed by atoms with E-state index in [1.54, 1.807) is 35.8 Å². The average Bonchev–Trinajstić information content (AvgIpc) is 3.11. The predicted molar refractivity (Wildman–Crippen MR) is 129 cm³/mol. The second-order valence-corrected chi connectivity index (χ2v) is 10.8. The molecule has 0 N–H and O–H groups in total. The van der Waals surface area contributed by atoms with Gasteiger partial charge in [0, 0.05) is 20.0 Å². The van der Waals surface area contributed by atoms with Gasteiger partial charge in [0.1, 0.15) is 0 Å². The lowest BCUT2D eigenvalue weighted by Gasteiger charge is -2.40. The highest BCUT2D eigenvalue weighted by Crippen LogP contribution is 2.39. The highest BCUT2D eigenvalue weighted by molar-refractivity contribution is 7.93. The molecule has 2 aliphatic rings. The molecule has 2 aromatic rings. The summed E-state index contributed by atoms with van der Waals surface area (Å²) in [5.41, 5.74) is 3.64. The molecule has 9 heteroatoms. The first-order valence-corrected chi connectivity index (χ1v) is 12.7. The van der Waals surface area contributed by atoms with Crippen molar-refractivity contribution in [2.75, 3.05) is 32.9 Å². The maximum absolute atomic E-state index is 12.8. The summed E-state index contributed by atoms with van der Waals surface area (Å²) in [6.45, 7) is 7.83. The molecule has 1 saturated heterocycles. The Hall–Kier alpha value is -3.07. The minimum atomic E-state index is -3.24. The van der Waals surface area contributed by atoms with E-state index in [9.17, 15) is 18.0 Å². The molecule has 176 valence electrons. The van der Waals surface area contributed by atoms with E-state index in [4.69, 9.17) is 4.74 Å². The monoisotopic (exact) mass is 471 g/mol. The molecule has 2 heterocycles. The maximum atomic E-state index is 12.8. The van der Waals surface area contributed by atoms with E-state index in [0.29, 0.717) is 36.6 Å². The van der Waals surface area contributed by atoms with Gasteiger partial charge in [-0.05, 0) is 62.6 Å². The molecule has 0 saturated carbocycles. The Balaban J connectivity index is 1.72. The van der Waals surface area contributed by atoms with Crippen molar-refractivity contribution in [3.8, 4) is 11.1 Å². The summed E-state index contributed by atoms with van der Waals surface area (Å²) < 4.78 is 31.3. The first-order chi connectivity index (χ1) is 15.6. The van der Waals surface area contributed by atoms with Crippen LogP contribution in [0.15, 0.2) is 42.5 Å². The Morgan fingerprint density at radius 2 is 1.70 bits per heavy atom. The summed E-state index contributed by atoms with van der Waals surface area (Å²) in [5, 5.41) is 0. The standard InChI is InChI=1S/C24H29N3O5S/c1-16(2)32-24(29)25-15-17(3)27(18(4)28)22-11-8-20(14-23(22)25)19-6-9-21(10-7-19)26-12-5-13-33(26,30)31/h6-11,14,16-17H,5,12-13,15H2,1-4H3/t17-/m0/s1. The third kappa shape index (κ3) is 4.42. The minimum Gasteiger partial charge on any atom is -0.446 e. The Morgan fingerprint density at radius 3 is 2.27 bits per heavy atom. The van der Waals surface area contributed by atoms with Crippen LogP contribution in [-0.4, -0.2) is 51.4 Å². The summed E-state index contributed by atoms with van der Waals surface area (Å²) in [7, 11) is -3.24. The van der Waals surface area contributed by atoms with Crippen molar-refractivity contribution in [2.45, 2.75) is 46.3 Å². The summed E-state index contributed by atoms with van der Waals surface area (Å²) in [6.07, 6.45) is -0.0878. The van der Waals surface area contributed by atoms with Gasteiger partial charge in [0.2, 0.25) is 15.9 Å². The molecule has 1 fully saturated rings. The van der Waals surface area contributed by atoms with Crippen LogP contribution in [0.3, 0.4) is 0 Å². The molecular weight excluding hydrogens is 442 g/mol. The molecule has 4 rings (SSSR count). The Kier molecular flexibility index (Phi) is 6.09. The number of rotatable bonds is 3. The molecule has 33 heavy (non-hydrogen) atoms. The summed E-state index contributed by atoms with van der Waals surface area (Å²) in [6, 6.07) is 12.8. The van der Waals surface area contributed by atoms with Crippen LogP contribution in [0.1, 0.15) is 34.1 Å². The van der Waals surface area contributed by atoms with Crippen molar-refractivity contribution in [1.29, 1.82) is 0 Å². The number of anilines is 3. The van der Waals surface area contributed by atoms with Crippen LogP contribution in [0.25, 0.3) is 11.1 Å². The van der Waals surface area contributed by atoms with Gasteiger partial charge in [-0.25, -0.2) is 13.2 Å². The lowest BCUT2D eigenvalue weighted by Crippen LogP contribution is -2.51. The third-order valence-electron chi connectivity index (χ3n) is 5.90. The van der Waals surface area contributed by atoms with Crippen LogP contribution < -0.4 is 14.1 Å². The first kappa shape index (κ1) is 23.1. The van der Waals surface area contributed by atoms with Gasteiger partial charge in [-0.15, -0.1) is 0 Å². The van der Waals surface area contributed by atoms with Crippen LogP contribution in [0.2, 0.25) is 0 Å². The van der Waals surface area contributed by atoms with E-state index in [1.807, 2.05) is 37.3 Å². The highest BCUT2D eigenvalue weighted by Gasteiger charge is 2.35. The second kappa shape index (κ2) is 8.70. The molecule has 2 aliphatic heterocycles. The summed E-state index contributed by atoms with van der Waals surface area (Å²) in [5.74, 6) is 0.0806. The number of hydrogen-bond donors (Lipinski definition) is 0. The fraction of sp³-hybridized carbons (Fsp3) is 0.417. The SMILES string of the molecule is CC(=O)N1c2ccc(-c3ccc(N4CCCS4(=O)=O)cc3)cc2N(C(=O)OC(C)C)C[C@@H]1C. The topological polar surface area (TPSA) is 87.2 Å². The predicted octanol–water partition coefficient (Wildman–Crippen LogP) is 4.00. The van der Waals surface area contributed by atoms with E-state index >= 15 is 0 Å². The number of nitrogens with zero attached hydrogens (tertiary/aromatic N) is 3. The van der Waals surface area contributed by atoms with Crippen LogP contribution in [0, 0.1) is 0 Å². The van der Waals surface area contributed by atoms with Crippen molar-refractivity contribution in [3.05, 3.63) is 42.5 Å². The van der Waals surface area contributed by atoms with E-state index in [0.717, 1.165) is 11.1 Å². The van der Waals surface area contributed by atoms with Crippen molar-refractivity contribution < 1.29 is 22.7 Å². The number of fused-ring (bicyclic) bond motifs is 1. The number of carbonyl (C=O) groups is 2. The smallest absolute Gasteiger partial charge is 0.414 e. The molecule has 0 aliphatic carbocycles. The van der Waals surface area contributed by atoms with Gasteiger partial charge in [0.05, 0.1) is 35.0 Å². The van der Waals surface area contributed by atoms with Crippen LogP contribution in [0.5, 0.6) is 0 Å². The summed E-state index contributed by atoms with van der Waals surface area (Å²) >= 11 is 0. The van der Waals surface area contributed by atoms with E-state index in [-0.39, 0.29) is 23.8 Å². The molecule has 0 aromatic heterocycles. The van der Waals surface area contributed by atoms with Gasteiger partial charge >= 0.3 is 6.09 Å². The molecule has 1 atom stereocenters. The highest BCUT2D eigenvalue weighted by atomic mass is 32.2. The van der Waals surface area contributed by atoms with Crippen LogP contribution in [0.4, 0.5) is 21.9 Å². The quantitative estimate of drug-likeness (QED) is 0.675. The zero-order valence-corrected chi connectivity index (χ0v) is 20.1. The molecule has 8 nitrogen and oxygen atoms in total. The first-order valence-electron chi connectivity index (χ1n) is 11.1. The normalized spacial score (nSPS) is 19.5. The van der Waals surface area contributed by atoms with Gasteiger partial charge in [-0.1, -0.05) is 18.2 Å². The van der Waals surface area contributed by atoms with Crippen molar-refractivity contribution in [3.63, 3.8) is 0 Å². The number of benzene rings is 2. The summed E-state index contributed by atoms with van der Waals surface area (Å²) in [4.78, 5) is 28.4. The molecule has 0 unspecified atom stereocenters. The van der Waals surface area contributed by atoms with Gasteiger partial charge < -0.3 is 9.64 Å². The van der Waals surface area contributed by atoms with Gasteiger partial charge in [-0.2, -0.15) is 0 Å². The minimum absolute atomic E-state index is 0.0930. The fourth-order valence-corrected chi connectivity index (χ4v) is 6.04. The number of amides is 2. The molecule has 0 spiro atoms. The van der Waals surface area contributed by atoms with Crippen LogP contribution in [-0.2, 0) is 19.6 Å². The zero-order chi connectivity index (χ0) is 23.9. The number of carbonyl (C=O) groups excluding carboxylic acids is 2. The van der Waals surface area contributed by atoms with Crippen molar-refractivity contribution in [2.24, 2.45) is 0 Å². The van der Waals surface area contributed by atoms with Gasteiger partial charge in [0.25, 0.3) is 0 Å². The maximum Gasteiger partial charge on any atom is 0.414 e. The van der Waals surface area contributed by atoms with E-state index in [2.05, 4.69) is 0 Å². The molecule has 0 bridgehead atoms.